The zero-order chi connectivity index (χ0) is 21.3. The Morgan fingerprint density at radius 3 is 2.25 bits per heavy atom. The molecule has 0 aliphatic carbocycles. The highest BCUT2D eigenvalue weighted by Crippen LogP contribution is 2.33. The normalized spacial score (nSPS) is 16.9. The van der Waals surface area contributed by atoms with Gasteiger partial charge in [0.2, 0.25) is 10.0 Å². The third-order valence-electron chi connectivity index (χ3n) is 4.29. The molecule has 0 spiro atoms. The lowest BCUT2D eigenvalue weighted by Gasteiger charge is -2.33. The van der Waals surface area contributed by atoms with Crippen LogP contribution in [0, 0.1) is 6.92 Å². The first-order valence-electron chi connectivity index (χ1n) is 8.87. The Bertz CT molecular complexity index is 824. The van der Waals surface area contributed by atoms with Gasteiger partial charge in [-0.2, -0.15) is 13.2 Å². The summed E-state index contributed by atoms with van der Waals surface area (Å²) in [4.78, 5) is 13.1. The third kappa shape index (κ3) is 5.84. The minimum absolute atomic E-state index is 0.0443. The molecule has 158 valence electrons. The highest BCUT2D eigenvalue weighted by molar-refractivity contribution is 7.89. The molecule has 1 aliphatic rings. The van der Waals surface area contributed by atoms with E-state index in [-0.39, 0.29) is 5.56 Å². The molecule has 0 unspecified atom stereocenters. The number of amides is 1. The summed E-state index contributed by atoms with van der Waals surface area (Å²) >= 11 is 0. The van der Waals surface area contributed by atoms with Crippen molar-refractivity contribution < 1.29 is 31.1 Å². The number of nitrogens with zero attached hydrogens (tertiary/aromatic N) is 1. The number of hydrogen-bond donors (Lipinski definition) is 1. The van der Waals surface area contributed by atoms with Gasteiger partial charge in [-0.25, -0.2) is 17.9 Å². The molecule has 2 rings (SSSR count). The van der Waals surface area contributed by atoms with Crippen molar-refractivity contribution in [3.05, 3.63) is 29.3 Å². The van der Waals surface area contributed by atoms with E-state index in [9.17, 15) is 26.4 Å². The molecule has 1 aromatic rings. The quantitative estimate of drug-likeness (QED) is 0.806. The molecular formula is C18H25F3N2O4S. The highest BCUT2D eigenvalue weighted by atomic mass is 32.2. The summed E-state index contributed by atoms with van der Waals surface area (Å²) < 4.78 is 71.9. The number of piperidine rings is 1. The van der Waals surface area contributed by atoms with Crippen LogP contribution in [0.1, 0.15) is 44.7 Å². The summed E-state index contributed by atoms with van der Waals surface area (Å²) in [6.07, 6.45) is -4.41. The van der Waals surface area contributed by atoms with E-state index in [0.29, 0.717) is 32.0 Å². The van der Waals surface area contributed by atoms with Crippen LogP contribution in [0.2, 0.25) is 0 Å². The zero-order valence-corrected chi connectivity index (χ0v) is 17.1. The Morgan fingerprint density at radius 2 is 1.75 bits per heavy atom. The topological polar surface area (TPSA) is 75.7 Å². The first-order chi connectivity index (χ1) is 12.7. The van der Waals surface area contributed by atoms with Crippen LogP contribution >= 0.6 is 0 Å². The number of likely N-dealkylation sites (tertiary alicyclic amines) is 1. The summed E-state index contributed by atoms with van der Waals surface area (Å²) in [6.45, 7) is 7.13. The molecule has 0 saturated carbocycles. The van der Waals surface area contributed by atoms with Gasteiger partial charge in [0.15, 0.2) is 0 Å². The SMILES string of the molecule is Cc1ccc(S(=O)(=O)NC2CCN(C(=O)OC(C)(C)C)CC2)cc1C(F)(F)F. The maximum absolute atomic E-state index is 13.0. The largest absolute Gasteiger partial charge is 0.444 e. The molecule has 1 saturated heterocycles. The molecule has 0 atom stereocenters. The maximum Gasteiger partial charge on any atom is 0.416 e. The van der Waals surface area contributed by atoms with E-state index < -0.39 is 44.4 Å². The zero-order valence-electron chi connectivity index (χ0n) is 16.3. The van der Waals surface area contributed by atoms with E-state index in [1.807, 2.05) is 0 Å². The van der Waals surface area contributed by atoms with Gasteiger partial charge in [0.25, 0.3) is 0 Å². The summed E-state index contributed by atoms with van der Waals surface area (Å²) in [5.74, 6) is 0. The van der Waals surface area contributed by atoms with E-state index in [1.165, 1.54) is 11.8 Å². The van der Waals surface area contributed by atoms with Gasteiger partial charge in [-0.05, 0) is 58.2 Å². The number of alkyl halides is 3. The van der Waals surface area contributed by atoms with Crippen molar-refractivity contribution in [2.24, 2.45) is 0 Å². The summed E-state index contributed by atoms with van der Waals surface area (Å²) in [7, 11) is -4.11. The molecule has 1 aliphatic heterocycles. The number of carbonyl (C=O) groups is 1. The van der Waals surface area contributed by atoms with Crippen molar-refractivity contribution in [3.63, 3.8) is 0 Å². The van der Waals surface area contributed by atoms with Gasteiger partial charge >= 0.3 is 12.3 Å². The smallest absolute Gasteiger partial charge is 0.416 e. The molecule has 6 nitrogen and oxygen atoms in total. The first kappa shape index (κ1) is 22.5. The number of rotatable bonds is 3. The molecule has 1 heterocycles. The van der Waals surface area contributed by atoms with Crippen molar-refractivity contribution in [2.75, 3.05) is 13.1 Å². The van der Waals surface area contributed by atoms with Crippen molar-refractivity contribution in [1.29, 1.82) is 0 Å². The highest BCUT2D eigenvalue weighted by Gasteiger charge is 2.34. The maximum atomic E-state index is 13.0. The van der Waals surface area contributed by atoms with Crippen LogP contribution in [0.3, 0.4) is 0 Å². The minimum atomic E-state index is -4.63. The van der Waals surface area contributed by atoms with Gasteiger partial charge in [-0.1, -0.05) is 6.07 Å². The van der Waals surface area contributed by atoms with E-state index in [0.717, 1.165) is 12.1 Å². The Labute approximate surface area is 163 Å². The van der Waals surface area contributed by atoms with Gasteiger partial charge in [0.05, 0.1) is 10.5 Å². The fourth-order valence-electron chi connectivity index (χ4n) is 2.87. The third-order valence-corrected chi connectivity index (χ3v) is 5.81. The number of nitrogens with one attached hydrogen (secondary N) is 1. The molecule has 1 fully saturated rings. The summed E-state index contributed by atoms with van der Waals surface area (Å²) in [6, 6.07) is 2.47. The lowest BCUT2D eigenvalue weighted by Crippen LogP contribution is -2.47. The Kier molecular flexibility index (Phi) is 6.34. The number of aryl methyl sites for hydroxylation is 1. The van der Waals surface area contributed by atoms with Gasteiger partial charge in [-0.15, -0.1) is 0 Å². The predicted octanol–water partition coefficient (Wildman–Crippen LogP) is 3.69. The molecule has 28 heavy (non-hydrogen) atoms. The van der Waals surface area contributed by atoms with Crippen LogP contribution in [0.5, 0.6) is 0 Å². The number of ether oxygens (including phenoxy) is 1. The number of hydrogen-bond acceptors (Lipinski definition) is 4. The van der Waals surface area contributed by atoms with Crippen LogP contribution in [-0.4, -0.2) is 44.1 Å². The fraction of sp³-hybridized carbons (Fsp3) is 0.611. The van der Waals surface area contributed by atoms with Crippen molar-refractivity contribution in [1.82, 2.24) is 9.62 Å². The average Bonchev–Trinajstić information content (AvgIpc) is 2.52. The van der Waals surface area contributed by atoms with Crippen LogP contribution in [-0.2, 0) is 20.9 Å². The Morgan fingerprint density at radius 1 is 1.18 bits per heavy atom. The summed E-state index contributed by atoms with van der Waals surface area (Å²) in [5.41, 5.74) is -1.65. The Balaban J connectivity index is 2.04. The van der Waals surface area contributed by atoms with E-state index in [1.54, 1.807) is 20.8 Å². The second-order valence-electron chi connectivity index (χ2n) is 7.84. The second-order valence-corrected chi connectivity index (χ2v) is 9.55. The number of sulfonamides is 1. The van der Waals surface area contributed by atoms with Gasteiger partial charge in [0, 0.05) is 19.1 Å². The minimum Gasteiger partial charge on any atom is -0.444 e. The predicted molar refractivity (Wildman–Crippen MR) is 97.3 cm³/mol. The van der Waals surface area contributed by atoms with E-state index in [4.69, 9.17) is 4.74 Å². The number of halogens is 3. The molecule has 1 amide bonds. The van der Waals surface area contributed by atoms with Crippen molar-refractivity contribution in [3.8, 4) is 0 Å². The molecule has 1 N–H and O–H groups in total. The number of carbonyl (C=O) groups excluding carboxylic acids is 1. The standard InChI is InChI=1S/C18H25F3N2O4S/c1-12-5-6-14(11-15(12)18(19,20)21)28(25,26)22-13-7-9-23(10-8-13)16(24)27-17(2,3)4/h5-6,11,13,22H,7-10H2,1-4H3. The van der Waals surface area contributed by atoms with Crippen molar-refractivity contribution >= 4 is 16.1 Å². The summed E-state index contributed by atoms with van der Waals surface area (Å²) in [5, 5.41) is 0. The lowest BCUT2D eigenvalue weighted by molar-refractivity contribution is -0.138. The second kappa shape index (κ2) is 7.90. The molecular weight excluding hydrogens is 397 g/mol. The number of benzene rings is 1. The average molecular weight is 422 g/mol. The van der Waals surface area contributed by atoms with Crippen LogP contribution in [0.15, 0.2) is 23.1 Å². The van der Waals surface area contributed by atoms with E-state index >= 15 is 0 Å². The van der Waals surface area contributed by atoms with Crippen LogP contribution < -0.4 is 4.72 Å². The monoisotopic (exact) mass is 422 g/mol. The molecule has 0 bridgehead atoms. The molecule has 0 aromatic heterocycles. The van der Waals surface area contributed by atoms with Gasteiger partial charge < -0.3 is 9.64 Å². The first-order valence-corrected chi connectivity index (χ1v) is 10.4. The molecule has 1 aromatic carbocycles. The van der Waals surface area contributed by atoms with Crippen LogP contribution in [0.4, 0.5) is 18.0 Å². The Hall–Kier alpha value is -1.81. The lowest BCUT2D eigenvalue weighted by atomic mass is 10.1. The van der Waals surface area contributed by atoms with Gasteiger partial charge in [-0.3, -0.25) is 0 Å². The van der Waals surface area contributed by atoms with Crippen molar-refractivity contribution in [2.45, 2.75) is 63.3 Å². The van der Waals surface area contributed by atoms with Crippen LogP contribution in [0.25, 0.3) is 0 Å². The molecule has 0 radical (unpaired) electrons. The van der Waals surface area contributed by atoms with Gasteiger partial charge in [0.1, 0.15) is 5.60 Å². The fourth-order valence-corrected chi connectivity index (χ4v) is 4.20. The van der Waals surface area contributed by atoms with E-state index in [2.05, 4.69) is 4.72 Å². The molecule has 10 heteroatoms.